The first kappa shape index (κ1) is 12.8. The van der Waals surface area contributed by atoms with Crippen LogP contribution in [0.15, 0.2) is 18.2 Å². The van der Waals surface area contributed by atoms with E-state index >= 15 is 0 Å². The van der Waals surface area contributed by atoms with Crippen LogP contribution in [0.3, 0.4) is 0 Å². The highest BCUT2D eigenvalue weighted by Gasteiger charge is 2.13. The lowest BCUT2D eigenvalue weighted by Gasteiger charge is -2.14. The smallest absolute Gasteiger partial charge is 0.0468 e. The molecular formula is C11H16Cl2N2. The Bertz CT molecular complexity index is 295. The second kappa shape index (κ2) is 6.33. The van der Waals surface area contributed by atoms with Gasteiger partial charge in [0.15, 0.2) is 0 Å². The summed E-state index contributed by atoms with van der Waals surface area (Å²) in [5.74, 6) is 0. The average Bonchev–Trinajstić information content (AvgIpc) is 2.18. The van der Waals surface area contributed by atoms with Gasteiger partial charge >= 0.3 is 0 Å². The van der Waals surface area contributed by atoms with Gasteiger partial charge < -0.3 is 11.5 Å². The maximum absolute atomic E-state index is 6.05. The van der Waals surface area contributed by atoms with E-state index in [1.807, 2.05) is 18.2 Å². The van der Waals surface area contributed by atoms with Crippen molar-refractivity contribution in [1.29, 1.82) is 0 Å². The van der Waals surface area contributed by atoms with Gasteiger partial charge in [-0.05, 0) is 31.5 Å². The number of rotatable bonds is 5. The molecule has 4 N–H and O–H groups in total. The third kappa shape index (κ3) is 3.65. The third-order valence-corrected chi connectivity index (χ3v) is 3.00. The number of hydrogen-bond acceptors (Lipinski definition) is 2. The molecule has 1 atom stereocenters. The first-order chi connectivity index (χ1) is 7.16. The Labute approximate surface area is 101 Å². The van der Waals surface area contributed by atoms with Gasteiger partial charge in [0.05, 0.1) is 0 Å². The zero-order valence-corrected chi connectivity index (χ0v) is 10.1. The van der Waals surface area contributed by atoms with E-state index in [1.165, 1.54) is 0 Å². The van der Waals surface area contributed by atoms with Crippen LogP contribution in [0.4, 0.5) is 0 Å². The number of halogens is 2. The molecule has 0 aliphatic rings. The van der Waals surface area contributed by atoms with Crippen molar-refractivity contribution in [2.75, 3.05) is 6.54 Å². The summed E-state index contributed by atoms with van der Waals surface area (Å²) in [5.41, 5.74) is 12.3. The van der Waals surface area contributed by atoms with E-state index in [4.69, 9.17) is 34.7 Å². The van der Waals surface area contributed by atoms with Crippen LogP contribution < -0.4 is 11.5 Å². The largest absolute Gasteiger partial charge is 0.330 e. The normalized spacial score (nSPS) is 12.8. The standard InChI is InChI=1S/C11H16Cl2N2/c12-8-4-3-5-9(13)11(8)10(15)6-1-2-7-14/h3-5,10H,1-2,6-7,14-15H2/t10-/m0/s1. The van der Waals surface area contributed by atoms with Crippen molar-refractivity contribution < 1.29 is 0 Å². The van der Waals surface area contributed by atoms with Crippen molar-refractivity contribution in [3.63, 3.8) is 0 Å². The molecule has 0 spiro atoms. The second-order valence-corrected chi connectivity index (χ2v) is 4.34. The van der Waals surface area contributed by atoms with Crippen molar-refractivity contribution in [2.24, 2.45) is 11.5 Å². The third-order valence-electron chi connectivity index (χ3n) is 2.34. The molecule has 84 valence electrons. The average molecular weight is 247 g/mol. The molecule has 1 rings (SSSR count). The number of nitrogens with two attached hydrogens (primary N) is 2. The molecule has 0 heterocycles. The van der Waals surface area contributed by atoms with Crippen molar-refractivity contribution in [1.82, 2.24) is 0 Å². The Morgan fingerprint density at radius 2 is 1.73 bits per heavy atom. The fourth-order valence-corrected chi connectivity index (χ4v) is 2.20. The Morgan fingerprint density at radius 1 is 1.13 bits per heavy atom. The van der Waals surface area contributed by atoms with Crippen LogP contribution in [0, 0.1) is 0 Å². The minimum Gasteiger partial charge on any atom is -0.330 e. The lowest BCUT2D eigenvalue weighted by Crippen LogP contribution is -2.12. The molecule has 0 bridgehead atoms. The molecule has 1 aromatic carbocycles. The molecule has 1 aromatic rings. The predicted octanol–water partition coefficient (Wildman–Crippen LogP) is 3.12. The molecule has 0 aliphatic heterocycles. The Hall–Kier alpha value is -0.280. The van der Waals surface area contributed by atoms with Crippen molar-refractivity contribution >= 4 is 23.2 Å². The van der Waals surface area contributed by atoms with Crippen LogP contribution in [-0.2, 0) is 0 Å². The summed E-state index contributed by atoms with van der Waals surface area (Å²) in [6.45, 7) is 0.697. The molecule has 0 aromatic heterocycles. The highest BCUT2D eigenvalue weighted by molar-refractivity contribution is 6.36. The summed E-state index contributed by atoms with van der Waals surface area (Å²) in [6.07, 6.45) is 2.84. The summed E-state index contributed by atoms with van der Waals surface area (Å²) in [6, 6.07) is 5.34. The van der Waals surface area contributed by atoms with Crippen LogP contribution in [0.2, 0.25) is 10.0 Å². The SMILES string of the molecule is NCCCC[C@H](N)c1c(Cl)cccc1Cl. The van der Waals surface area contributed by atoms with Gasteiger partial charge in [0.25, 0.3) is 0 Å². The van der Waals surface area contributed by atoms with Gasteiger partial charge in [0, 0.05) is 21.7 Å². The summed E-state index contributed by atoms with van der Waals surface area (Å²) >= 11 is 12.1. The van der Waals surface area contributed by atoms with Crippen molar-refractivity contribution in [2.45, 2.75) is 25.3 Å². The van der Waals surface area contributed by atoms with E-state index in [2.05, 4.69) is 0 Å². The van der Waals surface area contributed by atoms with Gasteiger partial charge in [0.2, 0.25) is 0 Å². The van der Waals surface area contributed by atoms with Gasteiger partial charge in [-0.2, -0.15) is 0 Å². The summed E-state index contributed by atoms with van der Waals surface area (Å²) in [4.78, 5) is 0. The van der Waals surface area contributed by atoms with E-state index in [0.717, 1.165) is 24.8 Å². The van der Waals surface area contributed by atoms with E-state index in [0.29, 0.717) is 16.6 Å². The van der Waals surface area contributed by atoms with Gasteiger partial charge in [-0.25, -0.2) is 0 Å². The number of benzene rings is 1. The van der Waals surface area contributed by atoms with Gasteiger partial charge in [-0.1, -0.05) is 35.7 Å². The molecule has 15 heavy (non-hydrogen) atoms. The fourth-order valence-electron chi connectivity index (χ4n) is 1.52. The minimum atomic E-state index is -0.0993. The maximum atomic E-state index is 6.05. The molecule has 0 amide bonds. The van der Waals surface area contributed by atoms with Crippen LogP contribution >= 0.6 is 23.2 Å². The van der Waals surface area contributed by atoms with Crippen LogP contribution in [0.25, 0.3) is 0 Å². The molecule has 0 aliphatic carbocycles. The fraction of sp³-hybridized carbons (Fsp3) is 0.455. The van der Waals surface area contributed by atoms with Gasteiger partial charge in [-0.15, -0.1) is 0 Å². The Morgan fingerprint density at radius 3 is 2.27 bits per heavy atom. The lowest BCUT2D eigenvalue weighted by atomic mass is 10.0. The summed E-state index contributed by atoms with van der Waals surface area (Å²) in [7, 11) is 0. The molecule has 0 unspecified atom stereocenters. The molecular weight excluding hydrogens is 231 g/mol. The Kier molecular flexibility index (Phi) is 5.40. The highest BCUT2D eigenvalue weighted by Crippen LogP contribution is 2.31. The lowest BCUT2D eigenvalue weighted by molar-refractivity contribution is 0.591. The topological polar surface area (TPSA) is 52.0 Å². The van der Waals surface area contributed by atoms with E-state index in [-0.39, 0.29) is 6.04 Å². The number of unbranched alkanes of at least 4 members (excludes halogenated alkanes) is 1. The van der Waals surface area contributed by atoms with E-state index < -0.39 is 0 Å². The quantitative estimate of drug-likeness (QED) is 0.785. The van der Waals surface area contributed by atoms with Crippen LogP contribution in [0.5, 0.6) is 0 Å². The Balaban J connectivity index is 2.68. The van der Waals surface area contributed by atoms with Gasteiger partial charge in [0.1, 0.15) is 0 Å². The summed E-state index contributed by atoms with van der Waals surface area (Å²) < 4.78 is 0. The second-order valence-electron chi connectivity index (χ2n) is 3.53. The summed E-state index contributed by atoms with van der Waals surface area (Å²) in [5, 5.41) is 1.28. The van der Waals surface area contributed by atoms with Crippen molar-refractivity contribution in [3.8, 4) is 0 Å². The highest BCUT2D eigenvalue weighted by atomic mass is 35.5. The van der Waals surface area contributed by atoms with E-state index in [1.54, 1.807) is 0 Å². The first-order valence-corrected chi connectivity index (χ1v) is 5.82. The monoisotopic (exact) mass is 246 g/mol. The van der Waals surface area contributed by atoms with Crippen LogP contribution in [-0.4, -0.2) is 6.54 Å². The molecule has 4 heteroatoms. The zero-order chi connectivity index (χ0) is 11.3. The van der Waals surface area contributed by atoms with Crippen molar-refractivity contribution in [3.05, 3.63) is 33.8 Å². The molecule has 0 radical (unpaired) electrons. The zero-order valence-electron chi connectivity index (χ0n) is 8.55. The molecule has 0 saturated heterocycles. The number of hydrogen-bond donors (Lipinski definition) is 2. The molecule has 0 fully saturated rings. The predicted molar refractivity (Wildman–Crippen MR) is 66.3 cm³/mol. The minimum absolute atomic E-state index is 0.0993. The van der Waals surface area contributed by atoms with Crippen LogP contribution in [0.1, 0.15) is 30.9 Å². The molecule has 0 saturated carbocycles. The first-order valence-electron chi connectivity index (χ1n) is 5.06. The molecule has 2 nitrogen and oxygen atoms in total. The maximum Gasteiger partial charge on any atom is 0.0468 e. The van der Waals surface area contributed by atoms with E-state index in [9.17, 15) is 0 Å². The van der Waals surface area contributed by atoms with Gasteiger partial charge in [-0.3, -0.25) is 0 Å².